The predicted molar refractivity (Wildman–Crippen MR) is 88.1 cm³/mol. The summed E-state index contributed by atoms with van der Waals surface area (Å²) >= 11 is 0. The third kappa shape index (κ3) is 4.19. The molecule has 138 valence electrons. The Morgan fingerprint density at radius 2 is 1.52 bits per heavy atom. The Hall–Kier alpha value is -1.92. The number of amides is 3. The lowest BCUT2D eigenvalue weighted by molar-refractivity contribution is -0.150. The minimum atomic E-state index is -0.558. The van der Waals surface area contributed by atoms with Gasteiger partial charge in [0.25, 0.3) is 5.91 Å². The Bertz CT molecular complexity index is 532. The smallest absolute Gasteiger partial charge is 0.308 e. The molecule has 1 aliphatic heterocycles. The quantitative estimate of drug-likeness (QED) is 0.573. The van der Waals surface area contributed by atoms with Crippen LogP contribution in [-0.4, -0.2) is 47.8 Å². The molecule has 1 saturated heterocycles. The van der Waals surface area contributed by atoms with Crippen LogP contribution in [0, 0.1) is 11.8 Å². The molecule has 3 amide bonds. The molecule has 0 aromatic carbocycles. The van der Waals surface area contributed by atoms with Gasteiger partial charge in [-0.15, -0.1) is 0 Å². The maximum Gasteiger partial charge on any atom is 0.308 e. The number of carbonyl (C=O) groups is 4. The minimum absolute atomic E-state index is 0.0493. The first-order valence-corrected chi connectivity index (χ1v) is 9.36. The summed E-state index contributed by atoms with van der Waals surface area (Å²) in [6.07, 6.45) is 7.60. The van der Waals surface area contributed by atoms with Crippen molar-refractivity contribution in [3.8, 4) is 0 Å². The Morgan fingerprint density at radius 3 is 2.12 bits per heavy atom. The van der Waals surface area contributed by atoms with E-state index in [9.17, 15) is 19.2 Å². The van der Waals surface area contributed by atoms with Gasteiger partial charge >= 0.3 is 5.97 Å². The van der Waals surface area contributed by atoms with Crippen LogP contribution < -0.4 is 5.32 Å². The summed E-state index contributed by atoms with van der Waals surface area (Å²) in [6.45, 7) is -0.254. The van der Waals surface area contributed by atoms with Crippen molar-refractivity contribution in [2.75, 3.05) is 13.2 Å². The lowest BCUT2D eigenvalue weighted by atomic mass is 9.81. The van der Waals surface area contributed by atoms with E-state index in [0.29, 0.717) is 0 Å². The van der Waals surface area contributed by atoms with E-state index in [1.54, 1.807) is 0 Å². The summed E-state index contributed by atoms with van der Waals surface area (Å²) < 4.78 is 4.96. The topological polar surface area (TPSA) is 92.8 Å². The number of carbonyl (C=O) groups excluding carboxylic acids is 4. The largest absolute Gasteiger partial charge is 0.456 e. The zero-order valence-electron chi connectivity index (χ0n) is 14.5. The fourth-order valence-corrected chi connectivity index (χ4v) is 4.21. The maximum absolute atomic E-state index is 12.3. The van der Waals surface area contributed by atoms with E-state index >= 15 is 0 Å². The maximum atomic E-state index is 12.3. The molecule has 1 N–H and O–H groups in total. The number of ether oxygens (including phenoxy) is 1. The zero-order valence-corrected chi connectivity index (χ0v) is 14.5. The number of nitrogens with zero attached hydrogens (tertiary/aromatic N) is 1. The fraction of sp³-hybridized carbons (Fsp3) is 0.778. The molecule has 0 aromatic heterocycles. The molecular weight excluding hydrogens is 324 g/mol. The Kier molecular flexibility index (Phi) is 5.71. The molecule has 0 aromatic rings. The summed E-state index contributed by atoms with van der Waals surface area (Å²) in [5.74, 6) is -1.55. The SMILES string of the molecule is O=C(COC(=O)CCN1C(=O)[C@H]2CCCC[C@H]2C1=O)NC1CCCC1. The van der Waals surface area contributed by atoms with Crippen molar-refractivity contribution < 1.29 is 23.9 Å². The van der Waals surface area contributed by atoms with Crippen LogP contribution in [0.3, 0.4) is 0 Å². The number of imide groups is 1. The number of rotatable bonds is 6. The molecular formula is C18H26N2O5. The van der Waals surface area contributed by atoms with E-state index < -0.39 is 5.97 Å². The van der Waals surface area contributed by atoms with Crippen LogP contribution in [0.5, 0.6) is 0 Å². The van der Waals surface area contributed by atoms with Gasteiger partial charge in [0.1, 0.15) is 0 Å². The number of nitrogens with one attached hydrogen (secondary N) is 1. The highest BCUT2D eigenvalue weighted by Crippen LogP contribution is 2.37. The molecule has 7 nitrogen and oxygen atoms in total. The molecule has 0 unspecified atom stereocenters. The van der Waals surface area contributed by atoms with Gasteiger partial charge in [-0.3, -0.25) is 24.1 Å². The average molecular weight is 350 g/mol. The first-order valence-electron chi connectivity index (χ1n) is 9.36. The third-order valence-electron chi connectivity index (χ3n) is 5.56. The van der Waals surface area contributed by atoms with Crippen molar-refractivity contribution >= 4 is 23.7 Å². The highest BCUT2D eigenvalue weighted by Gasteiger charge is 2.47. The van der Waals surface area contributed by atoms with Gasteiger partial charge in [0.2, 0.25) is 11.8 Å². The lowest BCUT2D eigenvalue weighted by Crippen LogP contribution is -2.36. The number of fused-ring (bicyclic) bond motifs is 1. The van der Waals surface area contributed by atoms with Crippen molar-refractivity contribution in [3.05, 3.63) is 0 Å². The zero-order chi connectivity index (χ0) is 17.8. The number of esters is 1. The minimum Gasteiger partial charge on any atom is -0.456 e. The van der Waals surface area contributed by atoms with Gasteiger partial charge in [0, 0.05) is 12.6 Å². The molecule has 2 atom stereocenters. The van der Waals surface area contributed by atoms with Gasteiger partial charge in [-0.1, -0.05) is 25.7 Å². The first kappa shape index (κ1) is 17.9. The van der Waals surface area contributed by atoms with Crippen LogP contribution >= 0.6 is 0 Å². The van der Waals surface area contributed by atoms with Crippen molar-refractivity contribution in [2.45, 2.75) is 63.8 Å². The summed E-state index contributed by atoms with van der Waals surface area (Å²) in [4.78, 5) is 49.4. The third-order valence-corrected chi connectivity index (χ3v) is 5.56. The predicted octanol–water partition coefficient (Wildman–Crippen LogP) is 1.15. The Labute approximate surface area is 147 Å². The number of hydrogen-bond acceptors (Lipinski definition) is 5. The molecule has 3 rings (SSSR count). The fourth-order valence-electron chi connectivity index (χ4n) is 4.21. The lowest BCUT2D eigenvalue weighted by Gasteiger charge is -2.19. The van der Waals surface area contributed by atoms with Gasteiger partial charge in [0.05, 0.1) is 18.3 Å². The van der Waals surface area contributed by atoms with Crippen LogP contribution in [0.15, 0.2) is 0 Å². The van der Waals surface area contributed by atoms with E-state index in [-0.39, 0.29) is 55.2 Å². The highest BCUT2D eigenvalue weighted by molar-refractivity contribution is 6.05. The molecule has 2 aliphatic carbocycles. The molecule has 0 bridgehead atoms. The van der Waals surface area contributed by atoms with Crippen LogP contribution in [0.1, 0.15) is 57.8 Å². The number of likely N-dealkylation sites (tertiary alicyclic amines) is 1. The molecule has 7 heteroatoms. The highest BCUT2D eigenvalue weighted by atomic mass is 16.5. The van der Waals surface area contributed by atoms with Crippen molar-refractivity contribution in [3.63, 3.8) is 0 Å². The van der Waals surface area contributed by atoms with Gasteiger partial charge in [0.15, 0.2) is 6.61 Å². The molecule has 1 heterocycles. The van der Waals surface area contributed by atoms with Crippen LogP contribution in [0.2, 0.25) is 0 Å². The molecule has 0 spiro atoms. The van der Waals surface area contributed by atoms with E-state index in [0.717, 1.165) is 51.4 Å². The monoisotopic (exact) mass is 350 g/mol. The summed E-state index contributed by atoms with van der Waals surface area (Å²) in [5, 5.41) is 2.84. The normalized spacial score (nSPS) is 26.6. The molecule has 25 heavy (non-hydrogen) atoms. The van der Waals surface area contributed by atoms with E-state index in [4.69, 9.17) is 4.74 Å². The van der Waals surface area contributed by atoms with E-state index in [1.807, 2.05) is 0 Å². The Balaban J connectivity index is 1.39. The second-order valence-corrected chi connectivity index (χ2v) is 7.29. The average Bonchev–Trinajstić information content (AvgIpc) is 3.20. The molecule has 3 aliphatic rings. The van der Waals surface area contributed by atoms with E-state index in [2.05, 4.69) is 5.32 Å². The van der Waals surface area contributed by atoms with Crippen LogP contribution in [0.25, 0.3) is 0 Å². The first-order chi connectivity index (χ1) is 12.1. The number of hydrogen-bond donors (Lipinski definition) is 1. The summed E-state index contributed by atoms with van der Waals surface area (Å²) in [6, 6.07) is 0.189. The molecule has 2 saturated carbocycles. The van der Waals surface area contributed by atoms with E-state index in [1.165, 1.54) is 4.90 Å². The molecule has 0 radical (unpaired) electrons. The standard InChI is InChI=1S/C18H26N2O5/c21-15(19-12-5-1-2-6-12)11-25-16(22)9-10-20-17(23)13-7-3-4-8-14(13)18(20)24/h12-14H,1-11H2,(H,19,21)/t13-,14+. The second kappa shape index (κ2) is 7.97. The van der Waals surface area contributed by atoms with Crippen molar-refractivity contribution in [1.82, 2.24) is 10.2 Å². The second-order valence-electron chi connectivity index (χ2n) is 7.29. The van der Waals surface area contributed by atoms with Crippen LogP contribution in [0.4, 0.5) is 0 Å². The molecule has 3 fully saturated rings. The van der Waals surface area contributed by atoms with Crippen molar-refractivity contribution in [1.29, 1.82) is 0 Å². The van der Waals surface area contributed by atoms with Crippen molar-refractivity contribution in [2.24, 2.45) is 11.8 Å². The summed E-state index contributed by atoms with van der Waals surface area (Å²) in [5.41, 5.74) is 0. The van der Waals surface area contributed by atoms with Gasteiger partial charge in [-0.05, 0) is 25.7 Å². The van der Waals surface area contributed by atoms with Gasteiger partial charge < -0.3 is 10.1 Å². The van der Waals surface area contributed by atoms with Gasteiger partial charge in [-0.2, -0.15) is 0 Å². The Morgan fingerprint density at radius 1 is 0.960 bits per heavy atom. The van der Waals surface area contributed by atoms with Crippen LogP contribution in [-0.2, 0) is 23.9 Å². The summed E-state index contributed by atoms with van der Waals surface area (Å²) in [7, 11) is 0. The van der Waals surface area contributed by atoms with Gasteiger partial charge in [-0.25, -0.2) is 0 Å².